The van der Waals surface area contributed by atoms with Crippen LogP contribution in [0.1, 0.15) is 41.3 Å². The molecule has 0 atom stereocenters. The summed E-state index contributed by atoms with van der Waals surface area (Å²) in [5.41, 5.74) is 2.74. The first-order valence-corrected chi connectivity index (χ1v) is 5.33. The molecule has 0 saturated carbocycles. The van der Waals surface area contributed by atoms with Crippen LogP contribution in [-0.2, 0) is 6.42 Å². The molecule has 1 nitrogen and oxygen atoms in total. The Kier molecular flexibility index (Phi) is 4.15. The van der Waals surface area contributed by atoms with Crippen LogP contribution in [0.2, 0.25) is 0 Å². The van der Waals surface area contributed by atoms with E-state index in [-0.39, 0.29) is 5.24 Å². The van der Waals surface area contributed by atoms with Crippen molar-refractivity contribution in [3.63, 3.8) is 0 Å². The van der Waals surface area contributed by atoms with Gasteiger partial charge in [0.1, 0.15) is 0 Å². The minimum atomic E-state index is -0.339. The van der Waals surface area contributed by atoms with E-state index in [9.17, 15) is 4.79 Å². The molecule has 0 saturated heterocycles. The molecule has 0 bridgehead atoms. The molecule has 1 rings (SSSR count). The standard InChI is InChI=1S/C12H15ClO/c1-3-4-7-10-8-5-6-9(2)11(10)12(13)14/h5-6,8H,3-4,7H2,1-2H3. The molecule has 1 aromatic carbocycles. The maximum atomic E-state index is 11.2. The zero-order chi connectivity index (χ0) is 10.6. The van der Waals surface area contributed by atoms with Crippen LogP contribution in [0.15, 0.2) is 18.2 Å². The predicted octanol–water partition coefficient (Wildman–Crippen LogP) is 3.72. The Labute approximate surface area is 90.1 Å². The molecule has 0 aromatic heterocycles. The van der Waals surface area contributed by atoms with Crippen LogP contribution in [0.5, 0.6) is 0 Å². The molecule has 0 aliphatic carbocycles. The van der Waals surface area contributed by atoms with Crippen LogP contribution >= 0.6 is 11.6 Å². The molecule has 0 aliphatic heterocycles. The number of benzene rings is 1. The number of hydrogen-bond acceptors (Lipinski definition) is 1. The van der Waals surface area contributed by atoms with Crippen molar-refractivity contribution in [2.45, 2.75) is 33.1 Å². The van der Waals surface area contributed by atoms with E-state index >= 15 is 0 Å². The monoisotopic (exact) mass is 210 g/mol. The van der Waals surface area contributed by atoms with E-state index in [4.69, 9.17) is 11.6 Å². The molecule has 0 radical (unpaired) electrons. The zero-order valence-electron chi connectivity index (χ0n) is 8.64. The fraction of sp³-hybridized carbons (Fsp3) is 0.417. The van der Waals surface area contributed by atoms with Crippen LogP contribution in [0.3, 0.4) is 0 Å². The molecule has 0 heterocycles. The predicted molar refractivity (Wildman–Crippen MR) is 60.0 cm³/mol. The number of unbranched alkanes of at least 4 members (excludes halogenated alkanes) is 1. The summed E-state index contributed by atoms with van der Waals surface area (Å²) >= 11 is 5.55. The van der Waals surface area contributed by atoms with Crippen molar-refractivity contribution in [2.75, 3.05) is 0 Å². The molecular weight excluding hydrogens is 196 g/mol. The molecule has 2 heteroatoms. The Balaban J connectivity index is 3.02. The Morgan fingerprint density at radius 2 is 2.14 bits per heavy atom. The Morgan fingerprint density at radius 1 is 1.43 bits per heavy atom. The van der Waals surface area contributed by atoms with Gasteiger partial charge in [0.05, 0.1) is 0 Å². The molecular formula is C12H15ClO. The quantitative estimate of drug-likeness (QED) is 0.693. The first kappa shape index (κ1) is 11.3. The lowest BCUT2D eigenvalue weighted by molar-refractivity contribution is 0.108. The van der Waals surface area contributed by atoms with E-state index in [2.05, 4.69) is 6.92 Å². The van der Waals surface area contributed by atoms with Gasteiger partial charge < -0.3 is 0 Å². The van der Waals surface area contributed by atoms with Gasteiger partial charge in [-0.2, -0.15) is 0 Å². The van der Waals surface area contributed by atoms with Gasteiger partial charge in [0.15, 0.2) is 0 Å². The number of aryl methyl sites for hydroxylation is 2. The lowest BCUT2D eigenvalue weighted by Gasteiger charge is -2.07. The fourth-order valence-corrected chi connectivity index (χ4v) is 1.86. The molecule has 0 amide bonds. The van der Waals surface area contributed by atoms with Gasteiger partial charge in [-0.1, -0.05) is 31.5 Å². The van der Waals surface area contributed by atoms with E-state index in [1.807, 2.05) is 25.1 Å². The topological polar surface area (TPSA) is 17.1 Å². The molecule has 0 unspecified atom stereocenters. The summed E-state index contributed by atoms with van der Waals surface area (Å²) in [5.74, 6) is 0. The summed E-state index contributed by atoms with van der Waals surface area (Å²) < 4.78 is 0. The van der Waals surface area contributed by atoms with Crippen molar-refractivity contribution in [1.29, 1.82) is 0 Å². The highest BCUT2D eigenvalue weighted by Gasteiger charge is 2.10. The Bertz CT molecular complexity index is 331. The van der Waals surface area contributed by atoms with Crippen LogP contribution in [-0.4, -0.2) is 5.24 Å². The van der Waals surface area contributed by atoms with Crippen LogP contribution in [0.25, 0.3) is 0 Å². The highest BCUT2D eigenvalue weighted by molar-refractivity contribution is 6.68. The van der Waals surface area contributed by atoms with Crippen molar-refractivity contribution in [1.82, 2.24) is 0 Å². The minimum absolute atomic E-state index is 0.339. The SMILES string of the molecule is CCCCc1cccc(C)c1C(=O)Cl. The normalized spacial score (nSPS) is 10.2. The van der Waals surface area contributed by atoms with Gasteiger partial charge in [0.2, 0.25) is 0 Å². The second-order valence-corrected chi connectivity index (χ2v) is 3.83. The van der Waals surface area contributed by atoms with Crippen molar-refractivity contribution in [3.8, 4) is 0 Å². The lowest BCUT2D eigenvalue weighted by Crippen LogP contribution is -2.00. The van der Waals surface area contributed by atoms with Crippen molar-refractivity contribution in [2.24, 2.45) is 0 Å². The number of carbonyl (C=O) groups excluding carboxylic acids is 1. The fourth-order valence-electron chi connectivity index (χ4n) is 1.59. The highest BCUT2D eigenvalue weighted by Crippen LogP contribution is 2.18. The van der Waals surface area contributed by atoms with Gasteiger partial charge in [0.25, 0.3) is 5.24 Å². The summed E-state index contributed by atoms with van der Waals surface area (Å²) in [7, 11) is 0. The van der Waals surface area contributed by atoms with Crippen LogP contribution in [0.4, 0.5) is 0 Å². The van der Waals surface area contributed by atoms with Gasteiger partial charge >= 0.3 is 0 Å². The molecule has 1 aromatic rings. The van der Waals surface area contributed by atoms with Crippen LogP contribution in [0, 0.1) is 6.92 Å². The summed E-state index contributed by atoms with van der Waals surface area (Å²) in [6.45, 7) is 4.06. The van der Waals surface area contributed by atoms with Crippen molar-refractivity contribution in [3.05, 3.63) is 34.9 Å². The van der Waals surface area contributed by atoms with E-state index in [1.165, 1.54) is 0 Å². The smallest absolute Gasteiger partial charge is 0.252 e. The average molecular weight is 211 g/mol. The largest absolute Gasteiger partial charge is 0.276 e. The van der Waals surface area contributed by atoms with Gasteiger partial charge in [-0.05, 0) is 42.5 Å². The average Bonchev–Trinajstić information content (AvgIpc) is 2.14. The number of carbonyl (C=O) groups is 1. The van der Waals surface area contributed by atoms with Gasteiger partial charge in [-0.25, -0.2) is 0 Å². The number of hydrogen-bond donors (Lipinski definition) is 0. The molecule has 14 heavy (non-hydrogen) atoms. The van der Waals surface area contributed by atoms with Crippen molar-refractivity contribution >= 4 is 16.8 Å². The first-order chi connectivity index (χ1) is 6.66. The Morgan fingerprint density at radius 3 is 2.71 bits per heavy atom. The third-order valence-corrected chi connectivity index (χ3v) is 2.54. The van der Waals surface area contributed by atoms with Crippen LogP contribution < -0.4 is 0 Å². The summed E-state index contributed by atoms with van der Waals surface area (Å²) in [6, 6.07) is 5.88. The minimum Gasteiger partial charge on any atom is -0.276 e. The number of halogens is 1. The molecule has 76 valence electrons. The summed E-state index contributed by atoms with van der Waals surface area (Å²) in [6.07, 6.45) is 3.16. The second-order valence-electron chi connectivity index (χ2n) is 3.49. The first-order valence-electron chi connectivity index (χ1n) is 4.95. The molecule has 0 aliphatic rings. The van der Waals surface area contributed by atoms with E-state index in [1.54, 1.807) is 0 Å². The van der Waals surface area contributed by atoms with E-state index in [0.29, 0.717) is 5.56 Å². The lowest BCUT2D eigenvalue weighted by atomic mass is 9.99. The number of rotatable bonds is 4. The van der Waals surface area contributed by atoms with Gasteiger partial charge in [0, 0.05) is 5.56 Å². The maximum Gasteiger partial charge on any atom is 0.252 e. The molecule has 0 N–H and O–H groups in total. The maximum absolute atomic E-state index is 11.2. The summed E-state index contributed by atoms with van der Waals surface area (Å²) in [4.78, 5) is 11.2. The van der Waals surface area contributed by atoms with Crippen molar-refractivity contribution < 1.29 is 4.79 Å². The molecule has 0 spiro atoms. The second kappa shape index (κ2) is 5.16. The third-order valence-electron chi connectivity index (χ3n) is 2.36. The third kappa shape index (κ3) is 2.58. The van der Waals surface area contributed by atoms with Gasteiger partial charge in [-0.3, -0.25) is 4.79 Å². The molecule has 0 fully saturated rings. The summed E-state index contributed by atoms with van der Waals surface area (Å²) in [5, 5.41) is -0.339. The highest BCUT2D eigenvalue weighted by atomic mass is 35.5. The van der Waals surface area contributed by atoms with E-state index < -0.39 is 0 Å². The van der Waals surface area contributed by atoms with E-state index in [0.717, 1.165) is 30.4 Å². The Hall–Kier alpha value is -0.820. The zero-order valence-corrected chi connectivity index (χ0v) is 9.40. The van der Waals surface area contributed by atoms with Gasteiger partial charge in [-0.15, -0.1) is 0 Å².